The number of carbonyl (C=O) groups is 1. The van der Waals surface area contributed by atoms with E-state index in [0.29, 0.717) is 10.7 Å². The fourth-order valence-corrected chi connectivity index (χ4v) is 3.02. The molecule has 0 saturated carbocycles. The highest BCUT2D eigenvalue weighted by Gasteiger charge is 2.09. The number of thiazole rings is 1. The molecule has 1 N–H and O–H groups in total. The second-order valence-corrected chi connectivity index (χ2v) is 6.55. The molecule has 0 bridgehead atoms. The van der Waals surface area contributed by atoms with Crippen molar-refractivity contribution in [3.8, 4) is 0 Å². The highest BCUT2D eigenvalue weighted by atomic mass is 127. The zero-order valence-electron chi connectivity index (χ0n) is 7.78. The lowest BCUT2D eigenvalue weighted by atomic mass is 10.3. The summed E-state index contributed by atoms with van der Waals surface area (Å²) >= 11 is 5.19. The molecule has 0 aromatic carbocycles. The number of carbonyl (C=O) groups excluding carboxylic acids is 1. The van der Waals surface area contributed by atoms with Crippen molar-refractivity contribution >= 4 is 56.3 Å². The van der Waals surface area contributed by atoms with Gasteiger partial charge in [-0.2, -0.15) is 0 Å². The molecule has 6 heteroatoms. The number of hydrogen-bond acceptors (Lipinski definition) is 4. The van der Waals surface area contributed by atoms with Crippen molar-refractivity contribution in [2.45, 2.75) is 6.92 Å². The zero-order valence-corrected chi connectivity index (χ0v) is 11.6. The van der Waals surface area contributed by atoms with Gasteiger partial charge in [0.15, 0.2) is 5.13 Å². The van der Waals surface area contributed by atoms with Crippen LogP contribution in [0.5, 0.6) is 0 Å². The fraction of sp³-hybridized carbons (Fsp3) is 0.111. The van der Waals surface area contributed by atoms with Crippen molar-refractivity contribution in [2.24, 2.45) is 0 Å². The Hall–Kier alpha value is -0.470. The maximum absolute atomic E-state index is 11.7. The van der Waals surface area contributed by atoms with Crippen LogP contribution in [0, 0.1) is 9.81 Å². The van der Waals surface area contributed by atoms with E-state index in [1.807, 2.05) is 23.8 Å². The molecule has 0 aliphatic heterocycles. The molecule has 0 spiro atoms. The van der Waals surface area contributed by atoms with Gasteiger partial charge in [-0.25, -0.2) is 4.98 Å². The molecule has 3 nitrogen and oxygen atoms in total. The number of aromatic nitrogens is 1. The number of rotatable bonds is 2. The first-order chi connectivity index (χ1) is 7.15. The minimum absolute atomic E-state index is 0.0940. The molecule has 78 valence electrons. The molecule has 0 aliphatic rings. The van der Waals surface area contributed by atoms with Crippen LogP contribution in [-0.2, 0) is 0 Å². The molecule has 0 saturated heterocycles. The fourth-order valence-electron chi connectivity index (χ4n) is 1.01. The van der Waals surface area contributed by atoms with E-state index in [9.17, 15) is 4.79 Å². The van der Waals surface area contributed by atoms with E-state index in [2.05, 4.69) is 32.9 Å². The monoisotopic (exact) mass is 350 g/mol. The van der Waals surface area contributed by atoms with Gasteiger partial charge in [0, 0.05) is 10.8 Å². The van der Waals surface area contributed by atoms with Gasteiger partial charge < -0.3 is 0 Å². The third-order valence-electron chi connectivity index (χ3n) is 1.67. The Morgan fingerprint density at radius 2 is 2.27 bits per heavy atom. The van der Waals surface area contributed by atoms with Crippen molar-refractivity contribution in [1.29, 1.82) is 0 Å². The van der Waals surface area contributed by atoms with Crippen LogP contribution >= 0.6 is 45.3 Å². The predicted octanol–water partition coefficient (Wildman–Crippen LogP) is 3.37. The molecule has 0 radical (unpaired) electrons. The zero-order chi connectivity index (χ0) is 10.8. The van der Waals surface area contributed by atoms with Crippen LogP contribution in [0.2, 0.25) is 0 Å². The molecular formula is C9H7IN2OS2. The minimum Gasteiger partial charge on any atom is -0.298 e. The summed E-state index contributed by atoms with van der Waals surface area (Å²) in [7, 11) is 0. The first-order valence-corrected chi connectivity index (χ1v) is 6.96. The molecule has 0 atom stereocenters. The van der Waals surface area contributed by atoms with E-state index < -0.39 is 0 Å². The smallest absolute Gasteiger partial charge is 0.258 e. The molecule has 0 aliphatic carbocycles. The molecule has 2 aromatic rings. The molecule has 0 fully saturated rings. The second-order valence-electron chi connectivity index (χ2n) is 2.89. The Labute approximate surface area is 109 Å². The van der Waals surface area contributed by atoms with Crippen molar-refractivity contribution in [1.82, 2.24) is 4.98 Å². The molecule has 2 aromatic heterocycles. The maximum atomic E-state index is 11.7. The van der Waals surface area contributed by atoms with E-state index >= 15 is 0 Å². The molecule has 1 amide bonds. The summed E-state index contributed by atoms with van der Waals surface area (Å²) in [4.78, 5) is 15.9. The van der Waals surface area contributed by atoms with Crippen LogP contribution in [0.15, 0.2) is 16.8 Å². The lowest BCUT2D eigenvalue weighted by Gasteiger charge is -1.97. The number of anilines is 1. The minimum atomic E-state index is -0.0940. The first-order valence-electron chi connectivity index (χ1n) is 4.12. The van der Waals surface area contributed by atoms with Crippen LogP contribution in [0.3, 0.4) is 0 Å². The van der Waals surface area contributed by atoms with Crippen LogP contribution in [0.1, 0.15) is 16.1 Å². The summed E-state index contributed by atoms with van der Waals surface area (Å²) < 4.78 is 1.10. The molecule has 15 heavy (non-hydrogen) atoms. The van der Waals surface area contributed by atoms with Crippen LogP contribution in [0.25, 0.3) is 0 Å². The lowest BCUT2D eigenvalue weighted by Crippen LogP contribution is -2.10. The summed E-state index contributed by atoms with van der Waals surface area (Å²) in [5.41, 5.74) is 1.62. The number of nitrogens with zero attached hydrogens (tertiary/aromatic N) is 1. The van der Waals surface area contributed by atoms with Gasteiger partial charge in [-0.1, -0.05) is 0 Å². The Morgan fingerprint density at radius 1 is 1.47 bits per heavy atom. The molecule has 2 rings (SSSR count). The first kappa shape index (κ1) is 11.0. The third kappa shape index (κ3) is 2.76. The van der Waals surface area contributed by atoms with Gasteiger partial charge in [0.2, 0.25) is 0 Å². The van der Waals surface area contributed by atoms with Crippen molar-refractivity contribution in [2.75, 3.05) is 5.32 Å². The number of amides is 1. The summed E-state index contributed by atoms with van der Waals surface area (Å²) in [5.74, 6) is -0.0940. The van der Waals surface area contributed by atoms with Gasteiger partial charge in [-0.05, 0) is 35.6 Å². The molecular weight excluding hydrogens is 343 g/mol. The van der Waals surface area contributed by atoms with Crippen molar-refractivity contribution in [3.05, 3.63) is 31.0 Å². The number of thiophene rings is 1. The van der Waals surface area contributed by atoms with Crippen LogP contribution in [-0.4, -0.2) is 10.9 Å². The van der Waals surface area contributed by atoms with Crippen LogP contribution in [0.4, 0.5) is 5.13 Å². The third-order valence-corrected chi connectivity index (χ3v) is 4.33. The molecule has 2 heterocycles. The average molecular weight is 350 g/mol. The largest absolute Gasteiger partial charge is 0.298 e. The number of nitrogens with one attached hydrogen (secondary N) is 1. The van der Waals surface area contributed by atoms with E-state index in [1.165, 1.54) is 11.3 Å². The van der Waals surface area contributed by atoms with Gasteiger partial charge in [0.25, 0.3) is 5.91 Å². The number of aryl methyl sites for hydroxylation is 1. The van der Waals surface area contributed by atoms with Gasteiger partial charge >= 0.3 is 0 Å². The standard InChI is InChI=1S/C9H7IN2OS2/c1-5-3-15-9(11-5)12-8(13)6-2-7(10)14-4-6/h2-4H,1H3,(H,11,12,13). The van der Waals surface area contributed by atoms with Gasteiger partial charge in [-0.15, -0.1) is 22.7 Å². The Bertz CT molecular complexity index is 492. The normalized spacial score (nSPS) is 10.3. The van der Waals surface area contributed by atoms with E-state index in [0.717, 1.165) is 8.58 Å². The summed E-state index contributed by atoms with van der Waals surface area (Å²) in [6.45, 7) is 1.90. The lowest BCUT2D eigenvalue weighted by molar-refractivity contribution is 0.102. The summed E-state index contributed by atoms with van der Waals surface area (Å²) in [6, 6.07) is 1.86. The van der Waals surface area contributed by atoms with Gasteiger partial charge in [0.05, 0.1) is 14.1 Å². The van der Waals surface area contributed by atoms with Crippen LogP contribution < -0.4 is 5.32 Å². The topological polar surface area (TPSA) is 42.0 Å². The predicted molar refractivity (Wildman–Crippen MR) is 71.8 cm³/mol. The number of halogens is 1. The Morgan fingerprint density at radius 3 is 2.80 bits per heavy atom. The average Bonchev–Trinajstić information content (AvgIpc) is 2.75. The SMILES string of the molecule is Cc1csc(NC(=O)c2csc(I)c2)n1. The van der Waals surface area contributed by atoms with E-state index in [4.69, 9.17) is 0 Å². The number of hydrogen-bond donors (Lipinski definition) is 1. The summed E-state index contributed by atoms with van der Waals surface area (Å²) in [6.07, 6.45) is 0. The Kier molecular flexibility index (Phi) is 3.37. The van der Waals surface area contributed by atoms with E-state index in [1.54, 1.807) is 11.3 Å². The second kappa shape index (κ2) is 4.58. The van der Waals surface area contributed by atoms with Gasteiger partial charge in [0.1, 0.15) is 0 Å². The van der Waals surface area contributed by atoms with Gasteiger partial charge in [-0.3, -0.25) is 10.1 Å². The summed E-state index contributed by atoms with van der Waals surface area (Å²) in [5, 5.41) is 7.17. The molecule has 0 unspecified atom stereocenters. The van der Waals surface area contributed by atoms with Crippen molar-refractivity contribution < 1.29 is 4.79 Å². The highest BCUT2D eigenvalue weighted by Crippen LogP contribution is 2.19. The van der Waals surface area contributed by atoms with Crippen molar-refractivity contribution in [3.63, 3.8) is 0 Å². The quantitative estimate of drug-likeness (QED) is 0.844. The Balaban J connectivity index is 2.10. The van der Waals surface area contributed by atoms with E-state index in [-0.39, 0.29) is 5.91 Å². The highest BCUT2D eigenvalue weighted by molar-refractivity contribution is 14.1. The maximum Gasteiger partial charge on any atom is 0.258 e.